The summed E-state index contributed by atoms with van der Waals surface area (Å²) in [6.45, 7) is -11.1. The van der Waals surface area contributed by atoms with Crippen molar-refractivity contribution in [2.45, 2.75) is 149 Å². The fourth-order valence-corrected chi connectivity index (χ4v) is 19.7. The van der Waals surface area contributed by atoms with Crippen LogP contribution in [0.4, 0.5) is 0 Å². The van der Waals surface area contributed by atoms with Crippen LogP contribution in [0, 0.1) is 0 Å². The smallest absolute Gasteiger partial charge is 0.346 e. The van der Waals surface area contributed by atoms with Gasteiger partial charge in [0.2, 0.25) is 0 Å². The summed E-state index contributed by atoms with van der Waals surface area (Å²) in [6, 6.07) is 21.0. The summed E-state index contributed by atoms with van der Waals surface area (Å²) in [5.41, 5.74) is -2.16. The van der Waals surface area contributed by atoms with Crippen molar-refractivity contribution in [2.24, 2.45) is 0 Å². The van der Waals surface area contributed by atoms with Crippen LogP contribution in [0.2, 0.25) is 0 Å². The van der Waals surface area contributed by atoms with Crippen LogP contribution in [0.5, 0.6) is 0 Å². The SMILES string of the molecule is O=C(c1ccc(/C=C/c2ccc(C(=O)N([C@@H]3[C@@H](OCc4ccccc4)O[C@H](COS(=O)(=O)O)[C@@H](OS(=O)(=O)O)[C@@H]3OS(=O)(=O)O)[C@@H]3[C@@H](OCc4ccccc4)O[C@H](COS(=O)(=O)O)[C@@H](OS(=O)(=O)O)[C@@H]3OS(=O)(=O)O)cc2)cc1)N([C@@H]1[C@@H](OCc2ccccc2)O[C@H](COS(=O)(=O)O)[C@@H](OS(=O)(=O)O)[C@@H]1OS(=O)(=O)O)[C@@H]1[C@@H](OCc2ccccc2)O[C@H](COS(=O)(=O)O)[C@@H](OS(=O)(=O)O)[C@@H]1OS(=O)(=O)O. The molecule has 12 N–H and O–H groups in total. The third kappa shape index (κ3) is 36.1. The molecular formula is C68H78N2O58S12. The number of hydrogen-bond donors (Lipinski definition) is 12. The van der Waals surface area contributed by atoms with Crippen molar-refractivity contribution in [3.05, 3.63) is 214 Å². The monoisotopic (exact) mass is 2230 g/mol. The Kier molecular flexibility index (Phi) is 38.0. The highest BCUT2D eigenvalue weighted by Crippen LogP contribution is 2.44. The topological polar surface area (TPSA) is 878 Å². The summed E-state index contributed by atoms with van der Waals surface area (Å²) < 4.78 is 538. The zero-order valence-corrected chi connectivity index (χ0v) is 79.3. The molecule has 10 rings (SSSR count). The van der Waals surface area contributed by atoms with Gasteiger partial charge in [0.05, 0.1) is 52.9 Å². The minimum absolute atomic E-state index is 0.0163. The van der Waals surface area contributed by atoms with Gasteiger partial charge in [-0.2, -0.15) is 101 Å². The lowest BCUT2D eigenvalue weighted by atomic mass is 9.89. The molecule has 72 heteroatoms. The number of carbonyl (C=O) groups excluding carboxylic acids is 2. The maximum absolute atomic E-state index is 16.5. The van der Waals surface area contributed by atoms with Crippen molar-refractivity contribution in [1.82, 2.24) is 9.80 Å². The molecule has 780 valence electrons. The molecule has 0 radical (unpaired) electrons. The fourth-order valence-electron chi connectivity index (χ4n) is 14.4. The number of ether oxygens (including phenoxy) is 8. The van der Waals surface area contributed by atoms with Crippen LogP contribution in [0.1, 0.15) is 54.1 Å². The zero-order chi connectivity index (χ0) is 103. The summed E-state index contributed by atoms with van der Waals surface area (Å²) in [5.74, 6) is -3.87. The summed E-state index contributed by atoms with van der Waals surface area (Å²) in [4.78, 5) is 32.9. The number of rotatable bonds is 48. The predicted molar refractivity (Wildman–Crippen MR) is 450 cm³/mol. The molecule has 0 aromatic heterocycles. The van der Waals surface area contributed by atoms with Crippen LogP contribution in [-0.2, 0) is 239 Å². The van der Waals surface area contributed by atoms with E-state index in [1.807, 2.05) is 0 Å². The fraction of sp³-hybridized carbons (Fsp3) is 0.412. The first-order valence-electron chi connectivity index (χ1n) is 38.2. The van der Waals surface area contributed by atoms with Crippen LogP contribution >= 0.6 is 0 Å². The quantitative estimate of drug-likeness (QED) is 0.0157. The van der Waals surface area contributed by atoms with Crippen molar-refractivity contribution >= 4 is 149 Å². The van der Waals surface area contributed by atoms with E-state index in [0.29, 0.717) is 0 Å². The van der Waals surface area contributed by atoms with Crippen molar-refractivity contribution in [2.75, 3.05) is 26.4 Å². The second-order valence-electron chi connectivity index (χ2n) is 29.1. The Balaban J connectivity index is 1.19. The maximum atomic E-state index is 16.5. The van der Waals surface area contributed by atoms with Crippen LogP contribution < -0.4 is 0 Å². The largest absolute Gasteiger partial charge is 0.397 e. The number of benzene rings is 6. The molecule has 4 aliphatic heterocycles. The van der Waals surface area contributed by atoms with Gasteiger partial charge in [-0.3, -0.25) is 64.2 Å². The van der Waals surface area contributed by atoms with E-state index in [-0.39, 0.29) is 43.2 Å². The van der Waals surface area contributed by atoms with E-state index in [9.17, 15) is 156 Å². The average Bonchev–Trinajstić information content (AvgIpc) is 0.732. The summed E-state index contributed by atoms with van der Waals surface area (Å²) in [6.07, 6.45) is -46.6. The third-order valence-electron chi connectivity index (χ3n) is 19.4. The second-order valence-corrected chi connectivity index (χ2v) is 41.8. The highest BCUT2D eigenvalue weighted by atomic mass is 32.3. The molecule has 0 unspecified atom stereocenters. The Morgan fingerprint density at radius 3 is 0.579 bits per heavy atom. The van der Waals surface area contributed by atoms with E-state index in [1.165, 1.54) is 121 Å². The van der Waals surface area contributed by atoms with E-state index in [1.54, 1.807) is 0 Å². The molecule has 20 atom stereocenters. The number of amides is 2. The van der Waals surface area contributed by atoms with Crippen molar-refractivity contribution in [3.8, 4) is 0 Å². The van der Waals surface area contributed by atoms with Gasteiger partial charge in [0.1, 0.15) is 97.4 Å². The molecule has 4 aliphatic rings. The van der Waals surface area contributed by atoms with Gasteiger partial charge in [-0.25, -0.2) is 50.2 Å². The highest BCUT2D eigenvalue weighted by molar-refractivity contribution is 7.83. The van der Waals surface area contributed by atoms with Gasteiger partial charge in [0, 0.05) is 11.1 Å². The molecule has 4 saturated heterocycles. The first-order valence-corrected chi connectivity index (χ1v) is 54.6. The van der Waals surface area contributed by atoms with Crippen molar-refractivity contribution < 1.29 is 253 Å². The molecular weight excluding hydrogens is 2160 g/mol. The van der Waals surface area contributed by atoms with E-state index in [2.05, 4.69) is 16.7 Å². The molecule has 0 bridgehead atoms. The Labute approximate surface area is 796 Å². The summed E-state index contributed by atoms with van der Waals surface area (Å²) in [5, 5.41) is 0. The Morgan fingerprint density at radius 1 is 0.243 bits per heavy atom. The Morgan fingerprint density at radius 2 is 0.414 bits per heavy atom. The van der Waals surface area contributed by atoms with E-state index < -0.39 is 323 Å². The van der Waals surface area contributed by atoms with E-state index in [4.69, 9.17) is 71.4 Å². The van der Waals surface area contributed by atoms with Crippen LogP contribution in [-0.4, -0.2) is 326 Å². The van der Waals surface area contributed by atoms with Crippen LogP contribution in [0.25, 0.3) is 12.2 Å². The summed E-state index contributed by atoms with van der Waals surface area (Å²) in [7, 11) is -74.1. The number of hydrogen-bond acceptors (Lipinski definition) is 46. The number of carbonyl (C=O) groups is 2. The van der Waals surface area contributed by atoms with Crippen LogP contribution in [0.3, 0.4) is 0 Å². The molecule has 6 aromatic rings. The Hall–Kier alpha value is -7.88. The van der Waals surface area contributed by atoms with Gasteiger partial charge in [0.25, 0.3) is 11.8 Å². The normalized spacial score (nSPS) is 26.3. The van der Waals surface area contributed by atoms with E-state index in [0.717, 1.165) is 60.7 Å². The molecule has 4 heterocycles. The molecule has 6 aromatic carbocycles. The first kappa shape index (κ1) is 114. The van der Waals surface area contributed by atoms with Gasteiger partial charge in [0.15, 0.2) is 25.2 Å². The Bertz CT molecular complexity index is 6050. The maximum Gasteiger partial charge on any atom is 0.397 e. The minimum Gasteiger partial charge on any atom is -0.346 e. The lowest BCUT2D eigenvalue weighted by molar-refractivity contribution is -0.310. The molecule has 0 aliphatic carbocycles. The lowest BCUT2D eigenvalue weighted by Crippen LogP contribution is -2.74. The van der Waals surface area contributed by atoms with E-state index >= 15 is 9.59 Å². The molecule has 140 heavy (non-hydrogen) atoms. The first-order chi connectivity index (χ1) is 64.7. The highest BCUT2D eigenvalue weighted by Gasteiger charge is 2.65. The lowest BCUT2D eigenvalue weighted by Gasteiger charge is -2.54. The van der Waals surface area contributed by atoms with Crippen LogP contribution in [0.15, 0.2) is 170 Å². The minimum atomic E-state index is -6.43. The summed E-state index contributed by atoms with van der Waals surface area (Å²) >= 11 is 0. The molecule has 2 amide bonds. The van der Waals surface area contributed by atoms with Gasteiger partial charge in [-0.1, -0.05) is 158 Å². The molecule has 0 spiro atoms. The predicted octanol–water partition coefficient (Wildman–Crippen LogP) is -1.24. The average molecular weight is 2240 g/mol. The standard InChI is InChI=1S/C68H78N2O58S12/c71-63(69(51-59(125-137(97,98)99)55(121-133(85,86)87)47(35-113-129(73,74)75)117-65(51)109-31-41-13-5-1-6-14-41)52-60(126-138(100,101)102)56(122-134(88,89)90)48(36-114-130(76,77)78)118-66(52)110-32-42-15-7-2-8-16-42)45-27-23-39(24-28-45)21-22-40-25-29-46(30-26-40)64(72)70(53-61(127-139(103,104)105)57(123-135(91,92)93)49(37-115-131(79,80)81)119-67(53)111-33-43-17-9-3-10-18-43)54-62(128-140(106,107)108)58(124-136(94,95)96)50(38-116-132(82,83)84)120-68(54)112-34-44-19-11-4-12-20-44/h1-30,47-62,65-68H,31-38H2,(H,73,74,75)(H,76,77,78)(H,79,80,81)(H,82,83,84)(H,85,86,87)(H,88,89,90)(H,91,92,93)(H,94,95,96)(H,97,98,99)(H,100,101,102)(H,103,104,105)(H,106,107,108)/b22-21+/t47-,48-,49-,50-,51+,52+,53+,54+,55-,56-,57-,58-,59-,60-,61-,62-,65+,66+,67+,68+/m1/s1. The molecule has 60 nitrogen and oxygen atoms in total. The second kappa shape index (κ2) is 46.7. The number of nitrogens with zero attached hydrogens (tertiary/aromatic N) is 2. The molecule has 4 fully saturated rings. The van der Waals surface area contributed by atoms with Gasteiger partial charge >= 0.3 is 125 Å². The zero-order valence-electron chi connectivity index (χ0n) is 69.5. The molecule has 0 saturated carbocycles. The van der Waals surface area contributed by atoms with Gasteiger partial charge in [-0.05, 0) is 57.6 Å². The van der Waals surface area contributed by atoms with Crippen molar-refractivity contribution in [1.29, 1.82) is 0 Å². The van der Waals surface area contributed by atoms with Gasteiger partial charge < -0.3 is 47.7 Å². The van der Waals surface area contributed by atoms with Gasteiger partial charge in [-0.15, -0.1) is 0 Å². The third-order valence-corrected chi connectivity index (χ3v) is 24.9. The van der Waals surface area contributed by atoms with Crippen molar-refractivity contribution in [3.63, 3.8) is 0 Å².